The zero-order chi connectivity index (χ0) is 13.7. The van der Waals surface area contributed by atoms with Gasteiger partial charge in [-0.05, 0) is 12.8 Å². The molecule has 1 fully saturated rings. The highest BCUT2D eigenvalue weighted by atomic mass is 16.4. The summed E-state index contributed by atoms with van der Waals surface area (Å²) in [6.07, 6.45) is 1.24. The summed E-state index contributed by atoms with van der Waals surface area (Å²) in [6, 6.07) is -0.624. The molecule has 1 saturated heterocycles. The summed E-state index contributed by atoms with van der Waals surface area (Å²) in [4.78, 5) is 24.3. The number of hydrogen-bond donors (Lipinski definition) is 3. The van der Waals surface area contributed by atoms with Gasteiger partial charge in [-0.25, -0.2) is 0 Å². The summed E-state index contributed by atoms with van der Waals surface area (Å²) in [5.41, 5.74) is 0. The standard InChI is InChI=1S/C12H22N2O4/c1-3-8(4-2)13-11(16)7-14-6-9(15)5-10(14)12(17)18/h8-10,15H,3-7H2,1-2H3,(H,13,16)(H,17,18). The zero-order valence-corrected chi connectivity index (χ0v) is 10.9. The van der Waals surface area contributed by atoms with Crippen molar-refractivity contribution in [2.45, 2.75) is 51.3 Å². The molecular weight excluding hydrogens is 236 g/mol. The smallest absolute Gasteiger partial charge is 0.321 e. The third kappa shape index (κ3) is 3.96. The number of aliphatic hydroxyl groups excluding tert-OH is 1. The molecule has 104 valence electrons. The lowest BCUT2D eigenvalue weighted by Crippen LogP contribution is -2.45. The maximum Gasteiger partial charge on any atom is 0.321 e. The molecule has 0 aliphatic carbocycles. The first-order chi connectivity index (χ1) is 8.47. The van der Waals surface area contributed by atoms with Crippen molar-refractivity contribution in [1.82, 2.24) is 10.2 Å². The van der Waals surface area contributed by atoms with Crippen molar-refractivity contribution >= 4 is 11.9 Å². The third-order valence-electron chi connectivity index (χ3n) is 3.36. The highest BCUT2D eigenvalue weighted by Gasteiger charge is 2.36. The lowest BCUT2D eigenvalue weighted by Gasteiger charge is -2.22. The average Bonchev–Trinajstić information content (AvgIpc) is 2.67. The zero-order valence-electron chi connectivity index (χ0n) is 10.9. The summed E-state index contributed by atoms with van der Waals surface area (Å²) in [5, 5.41) is 21.3. The largest absolute Gasteiger partial charge is 0.480 e. The molecule has 2 unspecified atom stereocenters. The molecule has 1 amide bonds. The molecule has 0 radical (unpaired) electrons. The number of carbonyl (C=O) groups excluding carboxylic acids is 1. The number of amides is 1. The van der Waals surface area contributed by atoms with Crippen LogP contribution < -0.4 is 5.32 Å². The van der Waals surface area contributed by atoms with Crippen LogP contribution in [0.2, 0.25) is 0 Å². The van der Waals surface area contributed by atoms with Gasteiger partial charge in [0.15, 0.2) is 0 Å². The monoisotopic (exact) mass is 258 g/mol. The lowest BCUT2D eigenvalue weighted by atomic mass is 10.1. The lowest BCUT2D eigenvalue weighted by molar-refractivity contribution is -0.142. The normalized spacial score (nSPS) is 24.4. The minimum Gasteiger partial charge on any atom is -0.480 e. The molecule has 0 aromatic heterocycles. The molecule has 0 spiro atoms. The minimum absolute atomic E-state index is 0.0323. The van der Waals surface area contributed by atoms with Crippen LogP contribution in [0.25, 0.3) is 0 Å². The van der Waals surface area contributed by atoms with E-state index in [0.29, 0.717) is 0 Å². The van der Waals surface area contributed by atoms with Gasteiger partial charge in [0.2, 0.25) is 5.91 Å². The first-order valence-corrected chi connectivity index (χ1v) is 6.42. The molecule has 0 aromatic carbocycles. The Kier molecular flexibility index (Phi) is 5.55. The molecule has 6 heteroatoms. The summed E-state index contributed by atoms with van der Waals surface area (Å²) >= 11 is 0. The Balaban J connectivity index is 2.50. The van der Waals surface area contributed by atoms with Gasteiger partial charge in [0, 0.05) is 19.0 Å². The molecule has 0 bridgehead atoms. The topological polar surface area (TPSA) is 89.9 Å². The Labute approximate surface area is 107 Å². The number of carboxylic acid groups (broad SMARTS) is 1. The van der Waals surface area contributed by atoms with Crippen molar-refractivity contribution in [2.24, 2.45) is 0 Å². The summed E-state index contributed by atoms with van der Waals surface area (Å²) in [6.45, 7) is 4.26. The number of β-amino-alcohol motifs (C(OH)–C–C–N with tert-alkyl or cyclic N) is 1. The predicted molar refractivity (Wildman–Crippen MR) is 66.1 cm³/mol. The third-order valence-corrected chi connectivity index (χ3v) is 3.36. The van der Waals surface area contributed by atoms with E-state index in [1.807, 2.05) is 13.8 Å². The second kappa shape index (κ2) is 6.70. The van der Waals surface area contributed by atoms with E-state index in [4.69, 9.17) is 5.11 Å². The number of nitrogens with zero attached hydrogens (tertiary/aromatic N) is 1. The number of rotatable bonds is 6. The first kappa shape index (κ1) is 14.9. The van der Waals surface area contributed by atoms with E-state index < -0.39 is 18.1 Å². The average molecular weight is 258 g/mol. The van der Waals surface area contributed by atoms with Gasteiger partial charge >= 0.3 is 5.97 Å². The highest BCUT2D eigenvalue weighted by molar-refractivity contribution is 5.80. The first-order valence-electron chi connectivity index (χ1n) is 6.42. The van der Waals surface area contributed by atoms with E-state index >= 15 is 0 Å². The Morgan fingerprint density at radius 2 is 2.00 bits per heavy atom. The van der Waals surface area contributed by atoms with Crippen LogP contribution in [0.4, 0.5) is 0 Å². The van der Waals surface area contributed by atoms with Crippen LogP contribution >= 0.6 is 0 Å². The fraction of sp³-hybridized carbons (Fsp3) is 0.833. The summed E-state index contributed by atoms with van der Waals surface area (Å²) in [5.74, 6) is -1.16. The number of nitrogens with one attached hydrogen (secondary N) is 1. The fourth-order valence-corrected chi connectivity index (χ4v) is 2.26. The summed E-state index contributed by atoms with van der Waals surface area (Å²) < 4.78 is 0. The van der Waals surface area contributed by atoms with Crippen LogP contribution in [-0.4, -0.2) is 58.3 Å². The van der Waals surface area contributed by atoms with Crippen LogP contribution in [0.15, 0.2) is 0 Å². The molecule has 1 heterocycles. The molecule has 1 aliphatic heterocycles. The molecule has 3 N–H and O–H groups in total. The Bertz CT molecular complexity index is 304. The number of aliphatic hydroxyl groups is 1. The van der Waals surface area contributed by atoms with Crippen molar-refractivity contribution < 1.29 is 19.8 Å². The van der Waals surface area contributed by atoms with E-state index in [1.54, 1.807) is 0 Å². The van der Waals surface area contributed by atoms with E-state index in [9.17, 15) is 14.7 Å². The molecule has 1 aliphatic rings. The Hall–Kier alpha value is -1.14. The van der Waals surface area contributed by atoms with Crippen LogP contribution in [0.5, 0.6) is 0 Å². The van der Waals surface area contributed by atoms with Crippen molar-refractivity contribution in [3.63, 3.8) is 0 Å². The second-order valence-electron chi connectivity index (χ2n) is 4.75. The number of aliphatic carboxylic acids is 1. The number of carbonyl (C=O) groups is 2. The molecule has 6 nitrogen and oxygen atoms in total. The summed E-state index contributed by atoms with van der Waals surface area (Å²) in [7, 11) is 0. The Morgan fingerprint density at radius 1 is 1.39 bits per heavy atom. The van der Waals surface area contributed by atoms with Gasteiger partial charge in [0.05, 0.1) is 12.6 Å². The van der Waals surface area contributed by atoms with Crippen LogP contribution in [0.1, 0.15) is 33.1 Å². The van der Waals surface area contributed by atoms with Crippen molar-refractivity contribution in [3.05, 3.63) is 0 Å². The van der Waals surface area contributed by atoms with Gasteiger partial charge in [0.1, 0.15) is 6.04 Å². The van der Waals surface area contributed by atoms with Gasteiger partial charge in [0.25, 0.3) is 0 Å². The molecular formula is C12H22N2O4. The van der Waals surface area contributed by atoms with E-state index in [0.717, 1.165) is 12.8 Å². The van der Waals surface area contributed by atoms with Gasteiger partial charge in [-0.15, -0.1) is 0 Å². The van der Waals surface area contributed by atoms with E-state index in [-0.39, 0.29) is 31.5 Å². The Morgan fingerprint density at radius 3 is 2.50 bits per heavy atom. The SMILES string of the molecule is CCC(CC)NC(=O)CN1CC(O)CC1C(=O)O. The maximum absolute atomic E-state index is 11.8. The van der Waals surface area contributed by atoms with Crippen molar-refractivity contribution in [2.75, 3.05) is 13.1 Å². The van der Waals surface area contributed by atoms with Crippen molar-refractivity contribution in [1.29, 1.82) is 0 Å². The van der Waals surface area contributed by atoms with Gasteiger partial charge < -0.3 is 15.5 Å². The molecule has 1 rings (SSSR count). The molecule has 0 aromatic rings. The van der Waals surface area contributed by atoms with Gasteiger partial charge in [-0.2, -0.15) is 0 Å². The quantitative estimate of drug-likeness (QED) is 0.614. The van der Waals surface area contributed by atoms with E-state index in [1.165, 1.54) is 4.90 Å². The highest BCUT2D eigenvalue weighted by Crippen LogP contribution is 2.17. The fourth-order valence-electron chi connectivity index (χ4n) is 2.26. The van der Waals surface area contributed by atoms with E-state index in [2.05, 4.69) is 5.32 Å². The van der Waals surface area contributed by atoms with Gasteiger partial charge in [-0.3, -0.25) is 14.5 Å². The van der Waals surface area contributed by atoms with Crippen LogP contribution in [-0.2, 0) is 9.59 Å². The van der Waals surface area contributed by atoms with Gasteiger partial charge in [-0.1, -0.05) is 13.8 Å². The minimum atomic E-state index is -0.984. The second-order valence-corrected chi connectivity index (χ2v) is 4.75. The van der Waals surface area contributed by atoms with Crippen LogP contribution in [0.3, 0.4) is 0 Å². The number of hydrogen-bond acceptors (Lipinski definition) is 4. The van der Waals surface area contributed by atoms with Crippen molar-refractivity contribution in [3.8, 4) is 0 Å². The molecule has 18 heavy (non-hydrogen) atoms. The molecule has 2 atom stereocenters. The predicted octanol–water partition coefficient (Wildman–Crippen LogP) is -0.189. The molecule has 0 saturated carbocycles. The maximum atomic E-state index is 11.8. The number of likely N-dealkylation sites (tertiary alicyclic amines) is 1. The van der Waals surface area contributed by atoms with Crippen LogP contribution in [0, 0.1) is 0 Å². The number of carboxylic acids is 1.